The Kier molecular flexibility index (Phi) is 4.42. The maximum Gasteiger partial charge on any atom is 0.284 e. The number of rotatable bonds is 4. The van der Waals surface area contributed by atoms with Crippen LogP contribution >= 0.6 is 0 Å². The van der Waals surface area contributed by atoms with Gasteiger partial charge in [0.2, 0.25) is 0 Å². The molecular weight excluding hydrogens is 274 g/mol. The Balaban J connectivity index is 2.34. The monoisotopic (exact) mass is 293 g/mol. The van der Waals surface area contributed by atoms with Crippen molar-refractivity contribution in [1.82, 2.24) is 4.90 Å². The third-order valence-corrected chi connectivity index (χ3v) is 3.74. The van der Waals surface area contributed by atoms with Crippen molar-refractivity contribution in [2.24, 2.45) is 0 Å². The van der Waals surface area contributed by atoms with E-state index in [0.29, 0.717) is 13.0 Å². The molecular formula is C14H19N3O4. The fourth-order valence-corrected chi connectivity index (χ4v) is 2.83. The molecule has 0 radical (unpaired) electrons. The molecule has 1 aromatic carbocycles. The largest absolute Gasteiger partial charge is 0.398 e. The Morgan fingerprint density at radius 2 is 2.33 bits per heavy atom. The number of nitro groups is 1. The second-order valence-corrected chi connectivity index (χ2v) is 5.38. The number of amides is 1. The minimum Gasteiger partial charge on any atom is -0.398 e. The summed E-state index contributed by atoms with van der Waals surface area (Å²) in [6.07, 6.45) is 1.55. The number of aliphatic hydroxyl groups is 1. The van der Waals surface area contributed by atoms with Crippen LogP contribution in [0.5, 0.6) is 0 Å². The van der Waals surface area contributed by atoms with E-state index < -0.39 is 16.9 Å². The molecule has 3 N–H and O–H groups in total. The molecule has 0 spiro atoms. The molecule has 0 bridgehead atoms. The molecule has 0 saturated carbocycles. The van der Waals surface area contributed by atoms with E-state index in [2.05, 4.69) is 0 Å². The van der Waals surface area contributed by atoms with Gasteiger partial charge in [0.25, 0.3) is 11.6 Å². The lowest BCUT2D eigenvalue weighted by molar-refractivity contribution is -0.385. The number of nitro benzene ring substituents is 1. The van der Waals surface area contributed by atoms with Gasteiger partial charge in [-0.25, -0.2) is 0 Å². The van der Waals surface area contributed by atoms with Crippen molar-refractivity contribution in [3.05, 3.63) is 33.9 Å². The fourth-order valence-electron chi connectivity index (χ4n) is 2.83. The maximum atomic E-state index is 12.6. The Morgan fingerprint density at radius 1 is 1.62 bits per heavy atom. The molecule has 7 heteroatoms. The summed E-state index contributed by atoms with van der Waals surface area (Å²) in [5, 5.41) is 20.6. The molecule has 1 aliphatic heterocycles. The molecule has 21 heavy (non-hydrogen) atoms. The smallest absolute Gasteiger partial charge is 0.284 e. The van der Waals surface area contributed by atoms with E-state index in [0.717, 1.165) is 12.8 Å². The summed E-state index contributed by atoms with van der Waals surface area (Å²) in [6, 6.07) is 4.13. The van der Waals surface area contributed by atoms with E-state index in [1.807, 2.05) is 0 Å². The molecule has 2 rings (SSSR count). The molecule has 7 nitrogen and oxygen atoms in total. The third kappa shape index (κ3) is 3.13. The van der Waals surface area contributed by atoms with Crippen LogP contribution in [-0.4, -0.2) is 39.5 Å². The lowest BCUT2D eigenvalue weighted by Gasteiger charge is -2.26. The van der Waals surface area contributed by atoms with Crippen LogP contribution in [0.15, 0.2) is 18.2 Å². The predicted molar refractivity (Wildman–Crippen MR) is 77.9 cm³/mol. The van der Waals surface area contributed by atoms with Crippen LogP contribution in [0.4, 0.5) is 11.4 Å². The average molecular weight is 293 g/mol. The summed E-state index contributed by atoms with van der Waals surface area (Å²) in [5.41, 5.74) is 5.55. The van der Waals surface area contributed by atoms with Gasteiger partial charge in [-0.05, 0) is 32.3 Å². The first-order chi connectivity index (χ1) is 9.91. The summed E-state index contributed by atoms with van der Waals surface area (Å²) in [4.78, 5) is 24.7. The Bertz CT molecular complexity index is 559. The molecule has 0 aliphatic carbocycles. The van der Waals surface area contributed by atoms with E-state index in [4.69, 9.17) is 5.73 Å². The lowest BCUT2D eigenvalue weighted by atomic mass is 10.1. The summed E-state index contributed by atoms with van der Waals surface area (Å²) in [6.45, 7) is 2.20. The van der Waals surface area contributed by atoms with Gasteiger partial charge < -0.3 is 15.7 Å². The van der Waals surface area contributed by atoms with Crippen molar-refractivity contribution in [1.29, 1.82) is 0 Å². The van der Waals surface area contributed by atoms with Crippen molar-refractivity contribution in [2.75, 3.05) is 12.3 Å². The van der Waals surface area contributed by atoms with Gasteiger partial charge >= 0.3 is 0 Å². The van der Waals surface area contributed by atoms with Crippen LogP contribution < -0.4 is 5.73 Å². The minimum absolute atomic E-state index is 0.0556. The number of benzene rings is 1. The van der Waals surface area contributed by atoms with E-state index in [9.17, 15) is 20.0 Å². The zero-order chi connectivity index (χ0) is 15.6. The standard InChI is InChI=1S/C14H19N3O4/c1-9(18)8-10-4-3-7-16(10)14(19)13-11(15)5-2-6-12(13)17(20)21/h2,5-6,9-10,18H,3-4,7-8,15H2,1H3. The Hall–Kier alpha value is -2.15. The number of nitrogens with zero attached hydrogens (tertiary/aromatic N) is 2. The molecule has 1 aromatic rings. The first-order valence-electron chi connectivity index (χ1n) is 6.93. The Labute approximate surface area is 122 Å². The van der Waals surface area contributed by atoms with Gasteiger partial charge in [0, 0.05) is 18.7 Å². The number of nitrogens with two attached hydrogens (primary N) is 1. The van der Waals surface area contributed by atoms with Gasteiger partial charge in [0.1, 0.15) is 5.56 Å². The second-order valence-electron chi connectivity index (χ2n) is 5.38. The molecule has 1 heterocycles. The fraction of sp³-hybridized carbons (Fsp3) is 0.500. The van der Waals surface area contributed by atoms with E-state index in [1.165, 1.54) is 18.2 Å². The number of carbonyl (C=O) groups is 1. The molecule has 1 aliphatic rings. The van der Waals surface area contributed by atoms with Crippen molar-refractivity contribution in [3.63, 3.8) is 0 Å². The Morgan fingerprint density at radius 3 is 2.95 bits per heavy atom. The maximum absolute atomic E-state index is 12.6. The molecule has 1 saturated heterocycles. The number of nitrogen functional groups attached to an aromatic ring is 1. The molecule has 1 amide bonds. The topological polar surface area (TPSA) is 110 Å². The van der Waals surface area contributed by atoms with E-state index >= 15 is 0 Å². The summed E-state index contributed by atoms with van der Waals surface area (Å²) in [7, 11) is 0. The van der Waals surface area contributed by atoms with Crippen LogP contribution in [0, 0.1) is 10.1 Å². The van der Waals surface area contributed by atoms with Gasteiger partial charge in [-0.2, -0.15) is 0 Å². The van der Waals surface area contributed by atoms with Crippen LogP contribution in [-0.2, 0) is 0 Å². The van der Waals surface area contributed by atoms with E-state index in [-0.39, 0.29) is 23.0 Å². The van der Waals surface area contributed by atoms with Crippen molar-refractivity contribution >= 4 is 17.3 Å². The summed E-state index contributed by atoms with van der Waals surface area (Å²) >= 11 is 0. The van der Waals surface area contributed by atoms with Crippen LogP contribution in [0.1, 0.15) is 36.5 Å². The van der Waals surface area contributed by atoms with Crippen molar-refractivity contribution < 1.29 is 14.8 Å². The summed E-state index contributed by atoms with van der Waals surface area (Å²) in [5.74, 6) is -0.428. The van der Waals surface area contributed by atoms with Crippen LogP contribution in [0.2, 0.25) is 0 Å². The number of likely N-dealkylation sites (tertiary alicyclic amines) is 1. The predicted octanol–water partition coefficient (Wildman–Crippen LogP) is 1.55. The number of aliphatic hydroxyl groups excluding tert-OH is 1. The minimum atomic E-state index is -0.594. The molecule has 114 valence electrons. The highest BCUT2D eigenvalue weighted by molar-refractivity contribution is 6.03. The zero-order valence-corrected chi connectivity index (χ0v) is 11.9. The molecule has 1 fully saturated rings. The molecule has 2 unspecified atom stereocenters. The number of carbonyl (C=O) groups excluding carboxylic acids is 1. The molecule has 0 aromatic heterocycles. The quantitative estimate of drug-likeness (QED) is 0.497. The third-order valence-electron chi connectivity index (χ3n) is 3.74. The first kappa shape index (κ1) is 15.2. The van der Waals surface area contributed by atoms with Crippen molar-refractivity contribution in [3.8, 4) is 0 Å². The number of hydrogen-bond acceptors (Lipinski definition) is 5. The van der Waals surface area contributed by atoms with E-state index in [1.54, 1.807) is 11.8 Å². The highest BCUT2D eigenvalue weighted by Crippen LogP contribution is 2.30. The normalized spacial score (nSPS) is 19.5. The van der Waals surface area contributed by atoms with Gasteiger partial charge in [0.15, 0.2) is 0 Å². The van der Waals surface area contributed by atoms with Gasteiger partial charge in [-0.1, -0.05) is 6.07 Å². The highest BCUT2D eigenvalue weighted by atomic mass is 16.6. The van der Waals surface area contributed by atoms with Gasteiger partial charge in [0.05, 0.1) is 16.7 Å². The van der Waals surface area contributed by atoms with Crippen molar-refractivity contribution in [2.45, 2.75) is 38.3 Å². The molecule has 2 atom stereocenters. The lowest BCUT2D eigenvalue weighted by Crippen LogP contribution is -2.37. The number of hydrogen-bond donors (Lipinski definition) is 2. The second kappa shape index (κ2) is 6.09. The highest BCUT2D eigenvalue weighted by Gasteiger charge is 2.34. The van der Waals surface area contributed by atoms with Crippen LogP contribution in [0.25, 0.3) is 0 Å². The zero-order valence-electron chi connectivity index (χ0n) is 11.9. The SMILES string of the molecule is CC(O)CC1CCCN1C(=O)c1c(N)cccc1[N+](=O)[O-]. The van der Waals surface area contributed by atoms with Gasteiger partial charge in [-0.3, -0.25) is 14.9 Å². The van der Waals surface area contributed by atoms with Gasteiger partial charge in [-0.15, -0.1) is 0 Å². The summed E-state index contributed by atoms with van der Waals surface area (Å²) < 4.78 is 0. The first-order valence-corrected chi connectivity index (χ1v) is 6.93. The average Bonchev–Trinajstić information content (AvgIpc) is 2.84. The number of anilines is 1. The van der Waals surface area contributed by atoms with Crippen LogP contribution in [0.3, 0.4) is 0 Å².